The van der Waals surface area contributed by atoms with E-state index in [9.17, 15) is 19.8 Å². The fourth-order valence-electron chi connectivity index (χ4n) is 2.77. The van der Waals surface area contributed by atoms with E-state index in [1.165, 1.54) is 4.57 Å². The molecule has 0 saturated carbocycles. The first-order chi connectivity index (χ1) is 11.4. The first-order valence-electron chi connectivity index (χ1n) is 7.13. The lowest BCUT2D eigenvalue weighted by molar-refractivity contribution is -0.140. The molecule has 126 valence electrons. The molecule has 0 fully saturated rings. The summed E-state index contributed by atoms with van der Waals surface area (Å²) in [6.07, 6.45) is 0.715. The van der Waals surface area contributed by atoms with Gasteiger partial charge in [-0.2, -0.15) is 0 Å². The van der Waals surface area contributed by atoms with E-state index in [4.69, 9.17) is 11.6 Å². The number of halogens is 2. The van der Waals surface area contributed by atoms with Crippen molar-refractivity contribution in [1.82, 2.24) is 9.55 Å². The molecule has 9 heteroatoms. The zero-order valence-electron chi connectivity index (χ0n) is 12.3. The van der Waals surface area contributed by atoms with Gasteiger partial charge >= 0.3 is 5.97 Å². The monoisotopic (exact) mass is 413 g/mol. The highest BCUT2D eigenvalue weighted by Gasteiger charge is 2.32. The molecule has 0 saturated heterocycles. The topological polar surface area (TPSA) is 104 Å². The van der Waals surface area contributed by atoms with Gasteiger partial charge in [0.2, 0.25) is 0 Å². The van der Waals surface area contributed by atoms with Gasteiger partial charge in [-0.15, -0.1) is 0 Å². The van der Waals surface area contributed by atoms with Crippen LogP contribution in [0.15, 0.2) is 27.5 Å². The predicted molar refractivity (Wildman–Crippen MR) is 91.6 cm³/mol. The van der Waals surface area contributed by atoms with Crippen molar-refractivity contribution >= 4 is 39.3 Å². The minimum Gasteiger partial charge on any atom is -0.508 e. The molecule has 0 bridgehead atoms. The SMILES string of the molecule is O=C(O)C1CCc2c(Cl)nc(NCc3cc(O)cc(Br)c3)c(=O)n21. The molecule has 1 aliphatic heterocycles. The summed E-state index contributed by atoms with van der Waals surface area (Å²) < 4.78 is 1.89. The van der Waals surface area contributed by atoms with Crippen molar-refractivity contribution in [3.8, 4) is 5.75 Å². The Labute approximate surface area is 150 Å². The van der Waals surface area contributed by atoms with Crippen molar-refractivity contribution in [1.29, 1.82) is 0 Å². The molecule has 3 N–H and O–H groups in total. The molecule has 0 aliphatic carbocycles. The molecule has 7 nitrogen and oxygen atoms in total. The lowest BCUT2D eigenvalue weighted by Gasteiger charge is -2.13. The van der Waals surface area contributed by atoms with Gasteiger partial charge in [0.25, 0.3) is 5.56 Å². The van der Waals surface area contributed by atoms with Crippen LogP contribution in [0.5, 0.6) is 5.75 Å². The lowest BCUT2D eigenvalue weighted by Crippen LogP contribution is -2.30. The van der Waals surface area contributed by atoms with Crippen LogP contribution >= 0.6 is 27.5 Å². The average Bonchev–Trinajstić information content (AvgIpc) is 2.94. The van der Waals surface area contributed by atoms with Crippen molar-refractivity contribution in [2.45, 2.75) is 25.4 Å². The molecule has 2 aromatic rings. The molecule has 3 rings (SSSR count). The summed E-state index contributed by atoms with van der Waals surface area (Å²) >= 11 is 9.37. The molecule has 1 aromatic heterocycles. The van der Waals surface area contributed by atoms with Gasteiger partial charge in [-0.05, 0) is 36.6 Å². The van der Waals surface area contributed by atoms with Crippen LogP contribution in [0.3, 0.4) is 0 Å². The predicted octanol–water partition coefficient (Wildman–Crippen LogP) is 2.55. The smallest absolute Gasteiger partial charge is 0.326 e. The van der Waals surface area contributed by atoms with Crippen LogP contribution in [0, 0.1) is 0 Å². The van der Waals surface area contributed by atoms with Gasteiger partial charge in [0.05, 0.1) is 5.69 Å². The number of nitrogens with zero attached hydrogens (tertiary/aromatic N) is 2. The van der Waals surface area contributed by atoms with E-state index in [2.05, 4.69) is 26.2 Å². The van der Waals surface area contributed by atoms with Crippen LogP contribution in [0.1, 0.15) is 23.7 Å². The van der Waals surface area contributed by atoms with Crippen molar-refractivity contribution in [3.05, 3.63) is 49.4 Å². The van der Waals surface area contributed by atoms with E-state index >= 15 is 0 Å². The van der Waals surface area contributed by atoms with E-state index in [-0.39, 0.29) is 23.3 Å². The highest BCUT2D eigenvalue weighted by atomic mass is 79.9. The molecule has 0 amide bonds. The number of nitrogens with one attached hydrogen (secondary N) is 1. The summed E-state index contributed by atoms with van der Waals surface area (Å²) in [5.74, 6) is -0.999. The van der Waals surface area contributed by atoms with Gasteiger partial charge in [-0.25, -0.2) is 9.78 Å². The van der Waals surface area contributed by atoms with Crippen molar-refractivity contribution in [3.63, 3.8) is 0 Å². The average molecular weight is 415 g/mol. The second-order valence-electron chi connectivity index (χ2n) is 5.44. The Balaban J connectivity index is 1.92. The van der Waals surface area contributed by atoms with Crippen molar-refractivity contribution in [2.75, 3.05) is 5.32 Å². The van der Waals surface area contributed by atoms with Crippen molar-refractivity contribution in [2.24, 2.45) is 0 Å². The first-order valence-corrected chi connectivity index (χ1v) is 8.30. The molecular weight excluding hydrogens is 402 g/mol. The fourth-order valence-corrected chi connectivity index (χ4v) is 3.57. The maximum Gasteiger partial charge on any atom is 0.326 e. The number of phenols is 1. The van der Waals surface area contributed by atoms with Crippen molar-refractivity contribution < 1.29 is 15.0 Å². The molecule has 0 radical (unpaired) electrons. The summed E-state index contributed by atoms with van der Waals surface area (Å²) in [6.45, 7) is 0.225. The maximum absolute atomic E-state index is 12.5. The van der Waals surface area contributed by atoms with Crippen LogP contribution in [-0.4, -0.2) is 25.7 Å². The van der Waals surface area contributed by atoms with Gasteiger partial charge in [-0.3, -0.25) is 9.36 Å². The number of aromatic hydroxyl groups is 1. The van der Waals surface area contributed by atoms with Crippen LogP contribution in [-0.2, 0) is 17.8 Å². The van der Waals surface area contributed by atoms with E-state index in [1.54, 1.807) is 18.2 Å². The molecule has 1 unspecified atom stereocenters. The van der Waals surface area contributed by atoms with Gasteiger partial charge in [0.1, 0.15) is 11.8 Å². The number of carbonyl (C=O) groups is 1. The summed E-state index contributed by atoms with van der Waals surface area (Å²) in [6, 6.07) is 3.94. The summed E-state index contributed by atoms with van der Waals surface area (Å²) in [7, 11) is 0. The Kier molecular flexibility index (Phi) is 4.51. The Morgan fingerprint density at radius 3 is 2.88 bits per heavy atom. The van der Waals surface area contributed by atoms with Gasteiger partial charge in [0.15, 0.2) is 11.0 Å². The van der Waals surface area contributed by atoms with Crippen LogP contribution < -0.4 is 10.9 Å². The second kappa shape index (κ2) is 6.45. The van der Waals surface area contributed by atoms with Gasteiger partial charge in [0, 0.05) is 11.0 Å². The van der Waals surface area contributed by atoms with Crippen LogP contribution in [0.4, 0.5) is 5.82 Å². The van der Waals surface area contributed by atoms with E-state index in [0.29, 0.717) is 23.0 Å². The Morgan fingerprint density at radius 1 is 1.46 bits per heavy atom. The fraction of sp³-hybridized carbons (Fsp3) is 0.267. The molecule has 1 aliphatic rings. The third-order valence-corrected chi connectivity index (χ3v) is 4.57. The minimum absolute atomic E-state index is 0.0173. The highest BCUT2D eigenvalue weighted by Crippen LogP contribution is 2.29. The molecule has 1 aromatic carbocycles. The Morgan fingerprint density at radius 2 is 2.21 bits per heavy atom. The number of phenolic OH excluding ortho intramolecular Hbond substituents is 1. The van der Waals surface area contributed by atoms with Gasteiger partial charge < -0.3 is 15.5 Å². The number of hydrogen-bond donors (Lipinski definition) is 3. The molecule has 2 heterocycles. The van der Waals surface area contributed by atoms with E-state index in [0.717, 1.165) is 5.56 Å². The van der Waals surface area contributed by atoms with Crippen LogP contribution in [0.2, 0.25) is 5.15 Å². The van der Waals surface area contributed by atoms with Crippen LogP contribution in [0.25, 0.3) is 0 Å². The number of aromatic nitrogens is 2. The minimum atomic E-state index is -1.07. The van der Waals surface area contributed by atoms with Gasteiger partial charge in [-0.1, -0.05) is 27.5 Å². The number of hydrogen-bond acceptors (Lipinski definition) is 5. The third-order valence-electron chi connectivity index (χ3n) is 3.81. The second-order valence-corrected chi connectivity index (χ2v) is 6.71. The summed E-state index contributed by atoms with van der Waals surface area (Å²) in [5, 5.41) is 21.8. The number of fused-ring (bicyclic) bond motifs is 1. The summed E-state index contributed by atoms with van der Waals surface area (Å²) in [5.41, 5.74) is 0.651. The quantitative estimate of drug-likeness (QED) is 0.710. The normalized spacial score (nSPS) is 16.0. The molecule has 1 atom stereocenters. The maximum atomic E-state index is 12.5. The first kappa shape index (κ1) is 16.8. The number of carboxylic acid groups (broad SMARTS) is 1. The summed E-state index contributed by atoms with van der Waals surface area (Å²) in [4.78, 5) is 27.9. The Bertz CT molecular complexity index is 864. The standard InChI is InChI=1S/C15H13BrClN3O4/c16-8-3-7(4-9(21)5-8)6-18-13-14(22)20-10(12(17)19-13)1-2-11(20)15(23)24/h3-5,11,21H,1-2,6H2,(H,18,19)(H,23,24). The number of rotatable bonds is 4. The molecule has 24 heavy (non-hydrogen) atoms. The Hall–Kier alpha value is -2.06. The largest absolute Gasteiger partial charge is 0.508 e. The lowest BCUT2D eigenvalue weighted by atomic mass is 10.2. The third kappa shape index (κ3) is 3.11. The van der Waals surface area contributed by atoms with E-state index in [1.807, 2.05) is 0 Å². The highest BCUT2D eigenvalue weighted by molar-refractivity contribution is 9.10. The number of aliphatic carboxylic acids is 1. The zero-order chi connectivity index (χ0) is 17.4. The zero-order valence-corrected chi connectivity index (χ0v) is 14.6. The molecular formula is C15H13BrClN3O4. The van der Waals surface area contributed by atoms with E-state index < -0.39 is 17.6 Å². The molecule has 0 spiro atoms. The number of benzene rings is 1. The number of anilines is 1. The number of carboxylic acids is 1.